The number of rotatable bonds is 1. The van der Waals surface area contributed by atoms with Crippen LogP contribution in [-0.4, -0.2) is 0 Å². The van der Waals surface area contributed by atoms with Crippen molar-refractivity contribution in [3.05, 3.63) is 69.6 Å². The minimum absolute atomic E-state index is 1.10. The van der Waals surface area contributed by atoms with Gasteiger partial charge >= 0.3 is 0 Å². The lowest BCUT2D eigenvalue weighted by atomic mass is 9.98. The molecule has 0 heterocycles. The van der Waals surface area contributed by atoms with Gasteiger partial charge in [0.1, 0.15) is 0 Å². The van der Waals surface area contributed by atoms with Gasteiger partial charge in [-0.25, -0.2) is 0 Å². The lowest BCUT2D eigenvalue weighted by Crippen LogP contribution is -1.82. The van der Waals surface area contributed by atoms with E-state index < -0.39 is 0 Å². The molecule has 3 aromatic rings. The molecule has 0 atom stereocenters. The maximum absolute atomic E-state index is 3.61. The third-order valence-electron chi connectivity index (χ3n) is 3.01. The van der Waals surface area contributed by atoms with Crippen molar-refractivity contribution in [1.29, 1.82) is 0 Å². The van der Waals surface area contributed by atoms with Crippen LogP contribution in [0.5, 0.6) is 0 Å². The van der Waals surface area contributed by atoms with Gasteiger partial charge in [0.25, 0.3) is 0 Å². The first-order chi connectivity index (χ1) is 8.75. The number of halogens is 2. The molecule has 3 rings (SSSR count). The van der Waals surface area contributed by atoms with Crippen molar-refractivity contribution in [3.8, 4) is 11.1 Å². The Morgan fingerprint density at radius 3 is 2.22 bits per heavy atom. The van der Waals surface area contributed by atoms with Crippen LogP contribution < -0.4 is 0 Å². The molecule has 3 aromatic carbocycles. The van der Waals surface area contributed by atoms with E-state index in [-0.39, 0.29) is 0 Å². The predicted octanol–water partition coefficient (Wildman–Crippen LogP) is 6.03. The van der Waals surface area contributed by atoms with Gasteiger partial charge in [0, 0.05) is 8.95 Å². The molecule has 0 radical (unpaired) electrons. The predicted molar refractivity (Wildman–Crippen MR) is 84.8 cm³/mol. The Labute approximate surface area is 123 Å². The first kappa shape index (κ1) is 11.9. The van der Waals surface area contributed by atoms with Gasteiger partial charge in [-0.05, 0) is 40.1 Å². The van der Waals surface area contributed by atoms with Crippen molar-refractivity contribution in [2.45, 2.75) is 0 Å². The molecular weight excluding hydrogens is 352 g/mol. The summed E-state index contributed by atoms with van der Waals surface area (Å²) in [5.74, 6) is 0. The van der Waals surface area contributed by atoms with Crippen LogP contribution in [0.3, 0.4) is 0 Å². The van der Waals surface area contributed by atoms with E-state index in [1.165, 1.54) is 21.9 Å². The smallest absolute Gasteiger partial charge is 0.0254 e. The SMILES string of the molecule is Brc1cccc(-c2ccc(Br)c3ccccc23)c1. The van der Waals surface area contributed by atoms with Crippen LogP contribution in [0.2, 0.25) is 0 Å². The molecule has 0 aliphatic carbocycles. The molecule has 0 aliphatic rings. The van der Waals surface area contributed by atoms with Crippen LogP contribution in [0.4, 0.5) is 0 Å². The summed E-state index contributed by atoms with van der Waals surface area (Å²) >= 11 is 7.14. The van der Waals surface area contributed by atoms with Crippen molar-refractivity contribution >= 4 is 42.6 Å². The molecule has 0 unspecified atom stereocenters. The molecule has 88 valence electrons. The van der Waals surface area contributed by atoms with Crippen molar-refractivity contribution in [2.75, 3.05) is 0 Å². The molecule has 0 fully saturated rings. The van der Waals surface area contributed by atoms with Gasteiger partial charge in [-0.1, -0.05) is 74.3 Å². The molecule has 0 saturated heterocycles. The molecule has 0 saturated carbocycles. The summed E-state index contributed by atoms with van der Waals surface area (Å²) in [7, 11) is 0. The van der Waals surface area contributed by atoms with E-state index in [0.717, 1.165) is 8.95 Å². The first-order valence-electron chi connectivity index (χ1n) is 5.69. The molecule has 0 N–H and O–H groups in total. The summed E-state index contributed by atoms with van der Waals surface area (Å²) in [5.41, 5.74) is 2.49. The molecule has 0 amide bonds. The van der Waals surface area contributed by atoms with Gasteiger partial charge in [-0.3, -0.25) is 0 Å². The van der Waals surface area contributed by atoms with E-state index in [2.05, 4.69) is 86.5 Å². The van der Waals surface area contributed by atoms with Gasteiger partial charge in [-0.15, -0.1) is 0 Å². The zero-order chi connectivity index (χ0) is 12.5. The van der Waals surface area contributed by atoms with E-state index in [1.54, 1.807) is 0 Å². The Kier molecular flexibility index (Phi) is 3.23. The van der Waals surface area contributed by atoms with Gasteiger partial charge in [0.05, 0.1) is 0 Å². The van der Waals surface area contributed by atoms with Gasteiger partial charge in [0.15, 0.2) is 0 Å². The van der Waals surface area contributed by atoms with Crippen molar-refractivity contribution in [2.24, 2.45) is 0 Å². The summed E-state index contributed by atoms with van der Waals surface area (Å²) in [6, 6.07) is 21.1. The Morgan fingerprint density at radius 1 is 0.667 bits per heavy atom. The molecule has 0 aromatic heterocycles. The summed E-state index contributed by atoms with van der Waals surface area (Å²) < 4.78 is 2.24. The second kappa shape index (κ2) is 4.87. The quantitative estimate of drug-likeness (QED) is 0.496. The highest BCUT2D eigenvalue weighted by atomic mass is 79.9. The van der Waals surface area contributed by atoms with E-state index in [4.69, 9.17) is 0 Å². The second-order valence-electron chi connectivity index (χ2n) is 4.15. The first-order valence-corrected chi connectivity index (χ1v) is 7.27. The molecule has 2 heteroatoms. The van der Waals surface area contributed by atoms with Crippen LogP contribution in [0.1, 0.15) is 0 Å². The Hall–Kier alpha value is -1.12. The van der Waals surface area contributed by atoms with E-state index in [1.807, 2.05) is 6.07 Å². The standard InChI is InChI=1S/C16H10Br2/c17-12-5-3-4-11(10-12)13-8-9-16(18)15-7-2-1-6-14(13)15/h1-10H. The zero-order valence-corrected chi connectivity index (χ0v) is 12.7. The number of hydrogen-bond acceptors (Lipinski definition) is 0. The number of hydrogen-bond donors (Lipinski definition) is 0. The Balaban J connectivity index is 2.33. The van der Waals surface area contributed by atoms with Crippen molar-refractivity contribution < 1.29 is 0 Å². The number of benzene rings is 3. The zero-order valence-electron chi connectivity index (χ0n) is 9.53. The van der Waals surface area contributed by atoms with E-state index >= 15 is 0 Å². The third-order valence-corrected chi connectivity index (χ3v) is 4.19. The van der Waals surface area contributed by atoms with Crippen molar-refractivity contribution in [3.63, 3.8) is 0 Å². The third kappa shape index (κ3) is 2.11. The Bertz CT molecular complexity index is 717. The van der Waals surface area contributed by atoms with Gasteiger partial charge in [0.2, 0.25) is 0 Å². The highest BCUT2D eigenvalue weighted by Crippen LogP contribution is 2.33. The maximum Gasteiger partial charge on any atom is 0.0254 e. The van der Waals surface area contributed by atoms with Crippen LogP contribution in [-0.2, 0) is 0 Å². The minimum Gasteiger partial charge on any atom is -0.0616 e. The van der Waals surface area contributed by atoms with E-state index in [0.29, 0.717) is 0 Å². The van der Waals surface area contributed by atoms with Crippen LogP contribution in [0.25, 0.3) is 21.9 Å². The fourth-order valence-electron chi connectivity index (χ4n) is 2.17. The fraction of sp³-hybridized carbons (Fsp3) is 0. The normalized spacial score (nSPS) is 10.8. The average molecular weight is 362 g/mol. The second-order valence-corrected chi connectivity index (χ2v) is 5.92. The summed E-state index contributed by atoms with van der Waals surface area (Å²) in [4.78, 5) is 0. The molecule has 0 bridgehead atoms. The van der Waals surface area contributed by atoms with Crippen LogP contribution >= 0.6 is 31.9 Å². The minimum atomic E-state index is 1.10. The highest BCUT2D eigenvalue weighted by molar-refractivity contribution is 9.11. The maximum atomic E-state index is 3.61. The Morgan fingerprint density at radius 2 is 1.44 bits per heavy atom. The van der Waals surface area contributed by atoms with Crippen molar-refractivity contribution in [1.82, 2.24) is 0 Å². The van der Waals surface area contributed by atoms with E-state index in [9.17, 15) is 0 Å². The summed E-state index contributed by atoms with van der Waals surface area (Å²) in [5, 5.41) is 2.51. The summed E-state index contributed by atoms with van der Waals surface area (Å²) in [6.45, 7) is 0. The topological polar surface area (TPSA) is 0 Å². The molecular formula is C16H10Br2. The largest absolute Gasteiger partial charge is 0.0616 e. The van der Waals surface area contributed by atoms with Crippen LogP contribution in [0, 0.1) is 0 Å². The summed E-state index contributed by atoms with van der Waals surface area (Å²) in [6.07, 6.45) is 0. The van der Waals surface area contributed by atoms with Crippen LogP contribution in [0.15, 0.2) is 69.6 Å². The van der Waals surface area contributed by atoms with Gasteiger partial charge < -0.3 is 0 Å². The highest BCUT2D eigenvalue weighted by Gasteiger charge is 2.06. The molecule has 18 heavy (non-hydrogen) atoms. The average Bonchev–Trinajstić information content (AvgIpc) is 2.39. The lowest BCUT2D eigenvalue weighted by molar-refractivity contribution is 1.61. The lowest BCUT2D eigenvalue weighted by Gasteiger charge is -2.08. The molecule has 0 aliphatic heterocycles. The monoisotopic (exact) mass is 360 g/mol. The molecule has 0 nitrogen and oxygen atoms in total. The number of fused-ring (bicyclic) bond motifs is 1. The fourth-order valence-corrected chi connectivity index (χ4v) is 3.05. The molecule has 0 spiro atoms. The van der Waals surface area contributed by atoms with Gasteiger partial charge in [-0.2, -0.15) is 0 Å².